The van der Waals surface area contributed by atoms with Crippen molar-refractivity contribution < 1.29 is 4.79 Å². The van der Waals surface area contributed by atoms with Crippen molar-refractivity contribution in [1.29, 1.82) is 0 Å². The van der Waals surface area contributed by atoms with Crippen molar-refractivity contribution in [1.82, 2.24) is 14.8 Å². The fraction of sp³-hybridized carbons (Fsp3) is 0.0625. The Hall–Kier alpha value is -2.66. The van der Waals surface area contributed by atoms with E-state index >= 15 is 0 Å². The lowest BCUT2D eigenvalue weighted by Gasteiger charge is -2.03. The van der Waals surface area contributed by atoms with Gasteiger partial charge in [-0.15, -0.1) is 0 Å². The lowest BCUT2D eigenvalue weighted by Crippen LogP contribution is -2.11. The number of hydrogen-bond acceptors (Lipinski definition) is 3. The van der Waals surface area contributed by atoms with Gasteiger partial charge in [-0.25, -0.2) is 0 Å². The number of aromatic nitrogens is 3. The number of carbonyl (C=O) groups excluding carboxylic acids is 1. The first-order valence-corrected chi connectivity index (χ1v) is 7.07. The highest BCUT2D eigenvalue weighted by molar-refractivity contribution is 6.30. The Morgan fingerprint density at radius 1 is 1.14 bits per heavy atom. The number of nitrogens with zero attached hydrogens (tertiary/aromatic N) is 3. The lowest BCUT2D eigenvalue weighted by molar-refractivity contribution is 0.102. The molecule has 1 N–H and O–H groups in total. The minimum Gasteiger partial charge on any atom is -0.319 e. The zero-order valence-corrected chi connectivity index (χ0v) is 12.4. The fourth-order valence-corrected chi connectivity index (χ4v) is 2.12. The van der Waals surface area contributed by atoms with E-state index in [1.807, 2.05) is 24.3 Å². The van der Waals surface area contributed by atoms with Gasteiger partial charge in [0.25, 0.3) is 5.91 Å². The predicted molar refractivity (Wildman–Crippen MR) is 85.0 cm³/mol. The highest BCUT2D eigenvalue weighted by Crippen LogP contribution is 2.12. The molecule has 1 amide bonds. The van der Waals surface area contributed by atoms with Crippen molar-refractivity contribution in [3.8, 4) is 0 Å². The molecule has 2 heterocycles. The third kappa shape index (κ3) is 3.51. The summed E-state index contributed by atoms with van der Waals surface area (Å²) in [5.41, 5.74) is 2.29. The highest BCUT2D eigenvalue weighted by Gasteiger charge is 2.07. The van der Waals surface area contributed by atoms with Gasteiger partial charge in [-0.2, -0.15) is 5.10 Å². The smallest absolute Gasteiger partial charge is 0.255 e. The number of nitrogens with one attached hydrogen (secondary N) is 1. The van der Waals surface area contributed by atoms with E-state index in [1.165, 1.54) is 0 Å². The summed E-state index contributed by atoms with van der Waals surface area (Å²) < 4.78 is 1.76. The molecule has 22 heavy (non-hydrogen) atoms. The quantitative estimate of drug-likeness (QED) is 0.804. The Morgan fingerprint density at radius 3 is 2.59 bits per heavy atom. The van der Waals surface area contributed by atoms with Gasteiger partial charge in [0.05, 0.1) is 18.4 Å². The van der Waals surface area contributed by atoms with E-state index in [9.17, 15) is 4.79 Å². The lowest BCUT2D eigenvalue weighted by atomic mass is 10.2. The molecule has 0 aliphatic heterocycles. The number of amides is 1. The zero-order chi connectivity index (χ0) is 15.4. The largest absolute Gasteiger partial charge is 0.319 e. The molecule has 3 aromatic rings. The van der Waals surface area contributed by atoms with Gasteiger partial charge in [0.15, 0.2) is 0 Å². The van der Waals surface area contributed by atoms with Crippen LogP contribution in [0.1, 0.15) is 15.9 Å². The minimum absolute atomic E-state index is 0.187. The van der Waals surface area contributed by atoms with Crippen molar-refractivity contribution in [2.45, 2.75) is 6.54 Å². The van der Waals surface area contributed by atoms with Crippen LogP contribution in [0.25, 0.3) is 0 Å². The second-order valence-corrected chi connectivity index (χ2v) is 5.18. The zero-order valence-electron chi connectivity index (χ0n) is 11.6. The van der Waals surface area contributed by atoms with Crippen LogP contribution in [0.2, 0.25) is 5.02 Å². The molecule has 2 aromatic heterocycles. The van der Waals surface area contributed by atoms with E-state index in [-0.39, 0.29) is 5.91 Å². The molecule has 0 radical (unpaired) electrons. The van der Waals surface area contributed by atoms with Gasteiger partial charge in [0.1, 0.15) is 0 Å². The molecule has 0 fully saturated rings. The van der Waals surface area contributed by atoms with Crippen molar-refractivity contribution >= 4 is 23.2 Å². The van der Waals surface area contributed by atoms with Gasteiger partial charge in [0, 0.05) is 29.2 Å². The number of benzene rings is 1. The molecule has 0 spiro atoms. The van der Waals surface area contributed by atoms with Crippen LogP contribution >= 0.6 is 11.6 Å². The summed E-state index contributed by atoms with van der Waals surface area (Å²) in [6, 6.07) is 10.9. The maximum Gasteiger partial charge on any atom is 0.255 e. The van der Waals surface area contributed by atoms with E-state index < -0.39 is 0 Å². The summed E-state index contributed by atoms with van der Waals surface area (Å²) in [6.45, 7) is 0.613. The number of hydrogen-bond donors (Lipinski definition) is 1. The normalized spacial score (nSPS) is 10.4. The molecule has 5 nitrogen and oxygen atoms in total. The fourth-order valence-electron chi connectivity index (χ4n) is 2.00. The van der Waals surface area contributed by atoms with E-state index in [2.05, 4.69) is 15.4 Å². The molecule has 6 heteroatoms. The Bertz CT molecular complexity index is 768. The molecule has 0 bridgehead atoms. The number of carbonyl (C=O) groups is 1. The summed E-state index contributed by atoms with van der Waals surface area (Å²) in [5, 5.41) is 7.74. The van der Waals surface area contributed by atoms with Crippen LogP contribution in [0.3, 0.4) is 0 Å². The van der Waals surface area contributed by atoms with E-state index in [0.717, 1.165) is 5.56 Å². The van der Waals surface area contributed by atoms with Crippen LogP contribution in [-0.4, -0.2) is 20.7 Å². The van der Waals surface area contributed by atoms with Gasteiger partial charge in [-0.3, -0.25) is 14.5 Å². The topological polar surface area (TPSA) is 59.8 Å². The first-order valence-electron chi connectivity index (χ1n) is 6.69. The molecule has 0 aliphatic rings. The number of pyridine rings is 1. The van der Waals surface area contributed by atoms with Crippen molar-refractivity contribution in [3.05, 3.63) is 77.3 Å². The number of anilines is 1. The van der Waals surface area contributed by atoms with Gasteiger partial charge in [-0.05, 0) is 29.8 Å². The van der Waals surface area contributed by atoms with Gasteiger partial charge in [-0.1, -0.05) is 23.7 Å². The number of halogens is 1. The predicted octanol–water partition coefficient (Wildman–Crippen LogP) is 3.23. The Kier molecular flexibility index (Phi) is 4.16. The molecule has 0 unspecified atom stereocenters. The summed E-state index contributed by atoms with van der Waals surface area (Å²) in [7, 11) is 0. The first-order chi connectivity index (χ1) is 10.7. The van der Waals surface area contributed by atoms with Crippen LogP contribution in [0.15, 0.2) is 61.2 Å². The molecular formula is C16H13ClN4O. The number of rotatable bonds is 4. The van der Waals surface area contributed by atoms with Crippen molar-refractivity contribution in [2.75, 3.05) is 5.32 Å². The molecule has 110 valence electrons. The van der Waals surface area contributed by atoms with E-state index in [4.69, 9.17) is 11.6 Å². The van der Waals surface area contributed by atoms with Crippen LogP contribution in [0.4, 0.5) is 5.69 Å². The van der Waals surface area contributed by atoms with Crippen LogP contribution < -0.4 is 5.32 Å². The maximum absolute atomic E-state index is 12.0. The van der Waals surface area contributed by atoms with Gasteiger partial charge in [0.2, 0.25) is 0 Å². The van der Waals surface area contributed by atoms with Crippen LogP contribution in [0.5, 0.6) is 0 Å². The molecule has 1 aromatic carbocycles. The Morgan fingerprint density at radius 2 is 1.86 bits per heavy atom. The molecule has 3 rings (SSSR count). The SMILES string of the molecule is O=C(Nc1cnn(Cc2ccc(Cl)cc2)c1)c1ccncc1. The van der Waals surface area contributed by atoms with Crippen LogP contribution in [0, 0.1) is 0 Å². The molecule has 0 atom stereocenters. The average Bonchev–Trinajstić information content (AvgIpc) is 2.97. The minimum atomic E-state index is -0.187. The second kappa shape index (κ2) is 6.41. The maximum atomic E-state index is 12.0. The van der Waals surface area contributed by atoms with E-state index in [0.29, 0.717) is 22.8 Å². The average molecular weight is 313 g/mol. The molecule has 0 saturated heterocycles. The Balaban J connectivity index is 1.66. The Labute approximate surface area is 132 Å². The third-order valence-corrected chi connectivity index (χ3v) is 3.34. The third-order valence-electron chi connectivity index (χ3n) is 3.09. The highest BCUT2D eigenvalue weighted by atomic mass is 35.5. The molecule has 0 saturated carbocycles. The second-order valence-electron chi connectivity index (χ2n) is 4.74. The standard InChI is InChI=1S/C16H13ClN4O/c17-14-3-1-12(2-4-14)10-21-11-15(9-19-21)20-16(22)13-5-7-18-8-6-13/h1-9,11H,10H2,(H,20,22). The molecular weight excluding hydrogens is 300 g/mol. The van der Waals surface area contributed by atoms with Gasteiger partial charge >= 0.3 is 0 Å². The monoisotopic (exact) mass is 312 g/mol. The van der Waals surface area contributed by atoms with Crippen molar-refractivity contribution in [2.24, 2.45) is 0 Å². The van der Waals surface area contributed by atoms with E-state index in [1.54, 1.807) is 41.6 Å². The molecule has 0 aliphatic carbocycles. The van der Waals surface area contributed by atoms with Crippen molar-refractivity contribution in [3.63, 3.8) is 0 Å². The summed E-state index contributed by atoms with van der Waals surface area (Å²) in [5.74, 6) is -0.187. The summed E-state index contributed by atoms with van der Waals surface area (Å²) in [4.78, 5) is 15.9. The first kappa shape index (κ1) is 14.3. The summed E-state index contributed by atoms with van der Waals surface area (Å²) in [6.07, 6.45) is 6.57. The van der Waals surface area contributed by atoms with Crippen LogP contribution in [-0.2, 0) is 6.54 Å². The summed E-state index contributed by atoms with van der Waals surface area (Å²) >= 11 is 5.86. The van der Waals surface area contributed by atoms with Gasteiger partial charge < -0.3 is 5.32 Å².